The molecule has 28 heavy (non-hydrogen) atoms. The zero-order valence-corrected chi connectivity index (χ0v) is 14.4. The Labute approximate surface area is 157 Å². The predicted molar refractivity (Wildman–Crippen MR) is 90.4 cm³/mol. The quantitative estimate of drug-likeness (QED) is 0.576. The molecule has 1 fully saturated rings. The van der Waals surface area contributed by atoms with E-state index in [2.05, 4.69) is 21.9 Å². The number of fused-ring (bicyclic) bond motifs is 3. The number of halogens is 3. The number of carboxylic acids is 1. The first-order valence-corrected chi connectivity index (χ1v) is 8.28. The smallest absolute Gasteiger partial charge is 0.475 e. The third kappa shape index (κ3) is 3.64. The molecule has 2 aromatic heterocycles. The number of aliphatic carboxylic acids is 1. The van der Waals surface area contributed by atoms with Gasteiger partial charge >= 0.3 is 12.1 Å². The highest BCUT2D eigenvalue weighted by molar-refractivity contribution is 5.76. The van der Waals surface area contributed by atoms with Gasteiger partial charge in [0, 0.05) is 12.1 Å². The minimum Gasteiger partial charge on any atom is -0.475 e. The summed E-state index contributed by atoms with van der Waals surface area (Å²) in [5, 5.41) is 16.6. The van der Waals surface area contributed by atoms with Crippen molar-refractivity contribution in [3.8, 4) is 17.4 Å². The van der Waals surface area contributed by atoms with E-state index in [-0.39, 0.29) is 11.9 Å². The molecular weight excluding hydrogens is 379 g/mol. The highest BCUT2D eigenvalue weighted by atomic mass is 19.4. The number of pyridine rings is 1. The van der Waals surface area contributed by atoms with Crippen molar-refractivity contribution in [3.63, 3.8) is 0 Å². The largest absolute Gasteiger partial charge is 0.490 e. The Balaban J connectivity index is 0.000000279. The summed E-state index contributed by atoms with van der Waals surface area (Å²) in [6.45, 7) is 0.932. The second-order valence-electron chi connectivity index (χ2n) is 6.30. The minimum absolute atomic E-state index is 0.150. The molecule has 8 nitrogen and oxygen atoms in total. The van der Waals surface area contributed by atoms with Gasteiger partial charge in [-0.3, -0.25) is 5.43 Å². The van der Waals surface area contributed by atoms with Crippen molar-refractivity contribution in [2.24, 2.45) is 5.92 Å². The van der Waals surface area contributed by atoms with Crippen molar-refractivity contribution >= 4 is 11.8 Å². The highest BCUT2D eigenvalue weighted by Gasteiger charge is 2.38. The summed E-state index contributed by atoms with van der Waals surface area (Å²) in [5.74, 6) is -1.28. The number of nitrogens with zero attached hydrogens (tertiary/aromatic N) is 2. The van der Waals surface area contributed by atoms with Crippen LogP contribution in [0, 0.1) is 17.2 Å². The Morgan fingerprint density at radius 3 is 2.75 bits per heavy atom. The zero-order chi connectivity index (χ0) is 20.5. The first-order valence-electron chi connectivity index (χ1n) is 8.28. The van der Waals surface area contributed by atoms with E-state index in [0.29, 0.717) is 17.2 Å². The maximum Gasteiger partial charge on any atom is 0.490 e. The van der Waals surface area contributed by atoms with Crippen molar-refractivity contribution < 1.29 is 27.5 Å². The number of nitrogens with one attached hydrogen (secondary N) is 2. The van der Waals surface area contributed by atoms with E-state index in [0.717, 1.165) is 36.2 Å². The summed E-state index contributed by atoms with van der Waals surface area (Å²) in [6.07, 6.45) is -1.53. The van der Waals surface area contributed by atoms with E-state index in [9.17, 15) is 18.4 Å². The maximum absolute atomic E-state index is 10.6. The van der Waals surface area contributed by atoms with E-state index < -0.39 is 12.1 Å². The number of rotatable bonds is 1. The van der Waals surface area contributed by atoms with E-state index in [4.69, 9.17) is 20.1 Å². The van der Waals surface area contributed by atoms with Gasteiger partial charge in [0.25, 0.3) is 0 Å². The van der Waals surface area contributed by atoms with Crippen molar-refractivity contribution in [3.05, 3.63) is 35.2 Å². The SMILES string of the molecule is N#Cc1c(N)nc2c(c1-c1ccco1)CCC1CNNC21.O=C(O)C(F)(F)F. The Kier molecular flexibility index (Phi) is 5.26. The number of alkyl halides is 3. The van der Waals surface area contributed by atoms with Gasteiger partial charge in [-0.25, -0.2) is 15.2 Å². The standard InChI is InChI=1S/C15H15N5O.C2HF3O2/c16-6-10-12(11-2-1-5-21-11)9-4-3-8-7-18-20-13(8)14(9)19-15(10)17;3-2(4,5)1(6)7/h1-2,5,8,13,18,20H,3-4,7H2,(H2,17,19);(H,6,7). The number of nitriles is 1. The van der Waals surface area contributed by atoms with Crippen LogP contribution in [0.3, 0.4) is 0 Å². The van der Waals surface area contributed by atoms with Gasteiger partial charge in [-0.2, -0.15) is 18.4 Å². The van der Waals surface area contributed by atoms with Gasteiger partial charge in [0.05, 0.1) is 18.0 Å². The van der Waals surface area contributed by atoms with Crippen molar-refractivity contribution in [2.45, 2.75) is 25.1 Å². The number of furan rings is 1. The molecule has 0 bridgehead atoms. The Morgan fingerprint density at radius 1 is 1.46 bits per heavy atom. The number of nitrogens with two attached hydrogens (primary N) is 1. The van der Waals surface area contributed by atoms with Crippen LogP contribution in [0.25, 0.3) is 11.3 Å². The third-order valence-electron chi connectivity index (χ3n) is 4.63. The molecule has 0 aromatic carbocycles. The number of carboxylic acid groups (broad SMARTS) is 1. The third-order valence-corrected chi connectivity index (χ3v) is 4.63. The number of aromatic nitrogens is 1. The molecule has 4 rings (SSSR count). The number of hydrogen-bond acceptors (Lipinski definition) is 7. The summed E-state index contributed by atoms with van der Waals surface area (Å²) < 4.78 is 37.3. The number of hydrazine groups is 1. The molecule has 0 amide bonds. The van der Waals surface area contributed by atoms with Crippen LogP contribution < -0.4 is 16.6 Å². The van der Waals surface area contributed by atoms with Crippen molar-refractivity contribution in [2.75, 3.05) is 12.3 Å². The van der Waals surface area contributed by atoms with Crippen LogP contribution in [-0.4, -0.2) is 28.8 Å². The lowest BCUT2D eigenvalue weighted by Crippen LogP contribution is -2.29. The lowest BCUT2D eigenvalue weighted by molar-refractivity contribution is -0.192. The molecule has 2 aromatic rings. The molecule has 5 N–H and O–H groups in total. The monoisotopic (exact) mass is 395 g/mol. The first-order chi connectivity index (χ1) is 13.2. The lowest BCUT2D eigenvalue weighted by atomic mass is 9.80. The molecule has 1 aliphatic carbocycles. The summed E-state index contributed by atoms with van der Waals surface area (Å²) in [7, 11) is 0. The van der Waals surface area contributed by atoms with Crippen LogP contribution in [0.4, 0.5) is 19.0 Å². The molecule has 0 radical (unpaired) electrons. The minimum atomic E-state index is -5.08. The van der Waals surface area contributed by atoms with Crippen molar-refractivity contribution in [1.29, 1.82) is 5.26 Å². The Bertz CT molecular complexity index is 922. The average Bonchev–Trinajstić information content (AvgIpc) is 3.32. The van der Waals surface area contributed by atoms with Crippen LogP contribution in [-0.2, 0) is 11.2 Å². The van der Waals surface area contributed by atoms with E-state index in [1.54, 1.807) is 6.26 Å². The molecular formula is C17H16F3N5O3. The van der Waals surface area contributed by atoms with Gasteiger partial charge in [-0.1, -0.05) is 0 Å². The summed E-state index contributed by atoms with van der Waals surface area (Å²) in [5.41, 5.74) is 15.7. The van der Waals surface area contributed by atoms with Gasteiger partial charge in [0.1, 0.15) is 23.2 Å². The van der Waals surface area contributed by atoms with Gasteiger partial charge in [-0.15, -0.1) is 0 Å². The number of carbonyl (C=O) groups is 1. The van der Waals surface area contributed by atoms with E-state index in [1.165, 1.54) is 0 Å². The van der Waals surface area contributed by atoms with E-state index in [1.807, 2.05) is 12.1 Å². The van der Waals surface area contributed by atoms with Crippen LogP contribution >= 0.6 is 0 Å². The molecule has 2 aliphatic rings. The highest BCUT2D eigenvalue weighted by Crippen LogP contribution is 2.42. The second kappa shape index (κ2) is 7.49. The fourth-order valence-electron chi connectivity index (χ4n) is 3.40. The number of hydrogen-bond donors (Lipinski definition) is 4. The molecule has 1 saturated heterocycles. The molecule has 0 spiro atoms. The molecule has 0 saturated carbocycles. The summed E-state index contributed by atoms with van der Waals surface area (Å²) in [6, 6.07) is 6.01. The van der Waals surface area contributed by atoms with Crippen LogP contribution in [0.15, 0.2) is 22.8 Å². The Morgan fingerprint density at radius 2 is 2.18 bits per heavy atom. The zero-order valence-electron chi connectivity index (χ0n) is 14.4. The van der Waals surface area contributed by atoms with Crippen LogP contribution in [0.1, 0.15) is 29.3 Å². The van der Waals surface area contributed by atoms with Gasteiger partial charge in [-0.05, 0) is 36.5 Å². The average molecular weight is 395 g/mol. The number of nitrogen functional groups attached to an aromatic ring is 1. The van der Waals surface area contributed by atoms with Gasteiger partial charge in [0.15, 0.2) is 0 Å². The fraction of sp³-hybridized carbons (Fsp3) is 0.353. The molecule has 2 atom stereocenters. The molecule has 2 unspecified atom stereocenters. The lowest BCUT2D eigenvalue weighted by Gasteiger charge is -2.28. The molecule has 11 heteroatoms. The normalized spacial score (nSPS) is 20.4. The van der Waals surface area contributed by atoms with Crippen LogP contribution in [0.2, 0.25) is 0 Å². The molecule has 3 heterocycles. The second-order valence-corrected chi connectivity index (χ2v) is 6.30. The van der Waals surface area contributed by atoms with Crippen LogP contribution in [0.5, 0.6) is 0 Å². The summed E-state index contributed by atoms with van der Waals surface area (Å²) >= 11 is 0. The maximum atomic E-state index is 10.6. The fourth-order valence-corrected chi connectivity index (χ4v) is 3.40. The Hall–Kier alpha value is -3.10. The van der Waals surface area contributed by atoms with Crippen molar-refractivity contribution in [1.82, 2.24) is 15.8 Å². The molecule has 1 aliphatic heterocycles. The van der Waals surface area contributed by atoms with Gasteiger partial charge < -0.3 is 15.3 Å². The topological polar surface area (TPSA) is 137 Å². The summed E-state index contributed by atoms with van der Waals surface area (Å²) in [4.78, 5) is 13.4. The molecule has 148 valence electrons. The number of anilines is 1. The first kappa shape index (κ1) is 19.7. The van der Waals surface area contributed by atoms with Gasteiger partial charge in [0.2, 0.25) is 0 Å². The van der Waals surface area contributed by atoms with E-state index >= 15 is 0 Å². The predicted octanol–water partition coefficient (Wildman–Crippen LogP) is 2.14.